The normalized spacial score (nSPS) is 11.4. The molecule has 0 N–H and O–H groups in total. The molecular formula is C7H18N2S. The fraction of sp³-hybridized carbons (Fsp3) is 1.00. The van der Waals surface area contributed by atoms with E-state index in [-0.39, 0.29) is 0 Å². The molecule has 0 radical (unpaired) electrons. The third-order valence-electron chi connectivity index (χ3n) is 1.39. The topological polar surface area (TPSA) is 6.48 Å². The maximum Gasteiger partial charge on any atom is 0.00983 e. The second-order valence-electron chi connectivity index (χ2n) is 2.69. The summed E-state index contributed by atoms with van der Waals surface area (Å²) in [6.07, 6.45) is 3.36. The molecule has 0 aromatic carbocycles. The van der Waals surface area contributed by atoms with Crippen LogP contribution in [0.2, 0.25) is 0 Å². The van der Waals surface area contributed by atoms with Crippen molar-refractivity contribution < 1.29 is 0 Å². The fourth-order valence-electron chi connectivity index (χ4n) is 0.701. The van der Waals surface area contributed by atoms with Gasteiger partial charge in [0.05, 0.1) is 0 Å². The Morgan fingerprint density at radius 2 is 1.70 bits per heavy atom. The Morgan fingerprint density at radius 1 is 1.10 bits per heavy atom. The Morgan fingerprint density at radius 3 is 2.10 bits per heavy atom. The molecule has 0 spiro atoms. The lowest BCUT2D eigenvalue weighted by Gasteiger charge is -2.14. The highest BCUT2D eigenvalue weighted by Gasteiger charge is 1.94. The van der Waals surface area contributed by atoms with Crippen LogP contribution >= 0.6 is 11.9 Å². The molecule has 0 saturated heterocycles. The van der Waals surface area contributed by atoms with Crippen LogP contribution in [0.1, 0.15) is 6.42 Å². The Kier molecular flexibility index (Phi) is 6.17. The molecule has 0 bridgehead atoms. The van der Waals surface area contributed by atoms with Gasteiger partial charge in [-0.05, 0) is 40.4 Å². The minimum absolute atomic E-state index is 1.18. The van der Waals surface area contributed by atoms with E-state index in [0.717, 1.165) is 0 Å². The van der Waals surface area contributed by atoms with Gasteiger partial charge in [0.15, 0.2) is 0 Å². The van der Waals surface area contributed by atoms with Gasteiger partial charge in [0, 0.05) is 6.54 Å². The summed E-state index contributed by atoms with van der Waals surface area (Å²) in [5.41, 5.74) is 0. The van der Waals surface area contributed by atoms with Gasteiger partial charge in [-0.3, -0.25) is 4.31 Å². The quantitative estimate of drug-likeness (QED) is 0.560. The summed E-state index contributed by atoms with van der Waals surface area (Å²) in [5, 5.41) is 0. The zero-order valence-electron chi connectivity index (χ0n) is 7.42. The van der Waals surface area contributed by atoms with Gasteiger partial charge >= 0.3 is 0 Å². The summed E-state index contributed by atoms with van der Waals surface area (Å²) in [6, 6.07) is 0. The Labute approximate surface area is 68.7 Å². The van der Waals surface area contributed by atoms with Crippen molar-refractivity contribution in [2.75, 3.05) is 40.5 Å². The lowest BCUT2D eigenvalue weighted by atomic mass is 10.4. The van der Waals surface area contributed by atoms with E-state index in [9.17, 15) is 0 Å². The molecule has 0 aliphatic rings. The molecule has 0 atom stereocenters. The van der Waals surface area contributed by atoms with E-state index in [1.54, 1.807) is 11.9 Å². The molecular weight excluding hydrogens is 144 g/mol. The standard InChI is InChI=1S/C7H18N2S/c1-8(2)6-5-7-9(3)10-4/h5-7H2,1-4H3. The van der Waals surface area contributed by atoms with Crippen molar-refractivity contribution in [2.24, 2.45) is 0 Å². The average Bonchev–Trinajstić information content (AvgIpc) is 1.87. The maximum absolute atomic E-state index is 2.25. The van der Waals surface area contributed by atoms with Crippen LogP contribution < -0.4 is 0 Å². The second kappa shape index (κ2) is 6.01. The van der Waals surface area contributed by atoms with Crippen molar-refractivity contribution in [3.8, 4) is 0 Å². The van der Waals surface area contributed by atoms with E-state index in [4.69, 9.17) is 0 Å². The van der Waals surface area contributed by atoms with Crippen LogP contribution in [0.4, 0.5) is 0 Å². The second-order valence-corrected chi connectivity index (χ2v) is 3.68. The minimum Gasteiger partial charge on any atom is -0.309 e. The van der Waals surface area contributed by atoms with Crippen LogP contribution in [0.3, 0.4) is 0 Å². The predicted octanol–water partition coefficient (Wildman–Crippen LogP) is 1.15. The number of rotatable bonds is 5. The van der Waals surface area contributed by atoms with E-state index in [2.05, 4.69) is 36.6 Å². The molecule has 0 aliphatic carbocycles. The van der Waals surface area contributed by atoms with Crippen molar-refractivity contribution in [3.05, 3.63) is 0 Å². The highest BCUT2D eigenvalue weighted by Crippen LogP contribution is 2.00. The number of hydrogen-bond donors (Lipinski definition) is 0. The van der Waals surface area contributed by atoms with Crippen molar-refractivity contribution in [2.45, 2.75) is 6.42 Å². The van der Waals surface area contributed by atoms with Gasteiger partial charge in [-0.1, -0.05) is 11.9 Å². The van der Waals surface area contributed by atoms with Crippen molar-refractivity contribution in [1.29, 1.82) is 0 Å². The molecule has 62 valence electrons. The molecule has 3 heteroatoms. The van der Waals surface area contributed by atoms with Gasteiger partial charge in [0.2, 0.25) is 0 Å². The van der Waals surface area contributed by atoms with E-state index in [0.29, 0.717) is 0 Å². The van der Waals surface area contributed by atoms with Crippen LogP contribution in [-0.4, -0.2) is 49.7 Å². The van der Waals surface area contributed by atoms with E-state index < -0.39 is 0 Å². The monoisotopic (exact) mass is 162 g/mol. The van der Waals surface area contributed by atoms with E-state index in [1.807, 2.05) is 0 Å². The molecule has 0 saturated carbocycles. The fourth-order valence-corrected chi connectivity index (χ4v) is 1.01. The molecule has 0 aromatic rings. The maximum atomic E-state index is 2.25. The lowest BCUT2D eigenvalue weighted by Crippen LogP contribution is -2.18. The SMILES string of the molecule is CSN(C)CCCN(C)C. The molecule has 2 nitrogen and oxygen atoms in total. The van der Waals surface area contributed by atoms with Crippen molar-refractivity contribution in [1.82, 2.24) is 9.21 Å². The Bertz CT molecular complexity index is 76.0. The van der Waals surface area contributed by atoms with Gasteiger partial charge in [-0.25, -0.2) is 0 Å². The zero-order chi connectivity index (χ0) is 7.98. The van der Waals surface area contributed by atoms with E-state index >= 15 is 0 Å². The smallest absolute Gasteiger partial charge is 0.00983 e. The molecule has 0 fully saturated rings. The number of nitrogens with zero attached hydrogens (tertiary/aromatic N) is 2. The molecule has 0 unspecified atom stereocenters. The minimum atomic E-state index is 1.18. The van der Waals surface area contributed by atoms with E-state index in [1.165, 1.54) is 19.5 Å². The van der Waals surface area contributed by atoms with Crippen LogP contribution in [-0.2, 0) is 0 Å². The first kappa shape index (κ1) is 10.3. The third kappa shape index (κ3) is 6.39. The molecule has 0 heterocycles. The summed E-state index contributed by atoms with van der Waals surface area (Å²) < 4.78 is 2.25. The molecule has 0 aliphatic heterocycles. The Hall–Kier alpha value is 0.270. The average molecular weight is 162 g/mol. The van der Waals surface area contributed by atoms with Crippen LogP contribution in [0.5, 0.6) is 0 Å². The van der Waals surface area contributed by atoms with Crippen molar-refractivity contribution >= 4 is 11.9 Å². The van der Waals surface area contributed by atoms with Gasteiger partial charge in [0.1, 0.15) is 0 Å². The first-order valence-electron chi connectivity index (χ1n) is 3.56. The molecule has 0 aromatic heterocycles. The highest BCUT2D eigenvalue weighted by atomic mass is 32.2. The molecule has 10 heavy (non-hydrogen) atoms. The molecule has 0 amide bonds. The van der Waals surface area contributed by atoms with Gasteiger partial charge in [-0.15, -0.1) is 0 Å². The van der Waals surface area contributed by atoms with Gasteiger partial charge in [0.25, 0.3) is 0 Å². The predicted molar refractivity (Wildman–Crippen MR) is 49.3 cm³/mol. The van der Waals surface area contributed by atoms with Gasteiger partial charge in [-0.2, -0.15) is 0 Å². The molecule has 0 rings (SSSR count). The van der Waals surface area contributed by atoms with Crippen molar-refractivity contribution in [3.63, 3.8) is 0 Å². The first-order valence-corrected chi connectivity index (χ1v) is 4.75. The lowest BCUT2D eigenvalue weighted by molar-refractivity contribution is 0.380. The van der Waals surface area contributed by atoms with Crippen LogP contribution in [0, 0.1) is 0 Å². The van der Waals surface area contributed by atoms with Gasteiger partial charge < -0.3 is 4.90 Å². The highest BCUT2D eigenvalue weighted by molar-refractivity contribution is 7.96. The summed E-state index contributed by atoms with van der Waals surface area (Å²) in [5.74, 6) is 0. The first-order chi connectivity index (χ1) is 4.66. The van der Waals surface area contributed by atoms with Crippen LogP contribution in [0.15, 0.2) is 0 Å². The zero-order valence-corrected chi connectivity index (χ0v) is 8.24. The summed E-state index contributed by atoms with van der Waals surface area (Å²) >= 11 is 1.79. The Balaban J connectivity index is 3.03. The summed E-state index contributed by atoms with van der Waals surface area (Å²) in [7, 11) is 6.35. The summed E-state index contributed by atoms with van der Waals surface area (Å²) in [4.78, 5) is 2.22. The van der Waals surface area contributed by atoms with Crippen LogP contribution in [0.25, 0.3) is 0 Å². The largest absolute Gasteiger partial charge is 0.309 e. The number of hydrogen-bond acceptors (Lipinski definition) is 3. The summed E-state index contributed by atoms with van der Waals surface area (Å²) in [6.45, 7) is 2.37. The third-order valence-corrected chi connectivity index (χ3v) is 2.20.